The van der Waals surface area contributed by atoms with Crippen LogP contribution in [-0.2, 0) is 10.0 Å². The molecule has 0 atom stereocenters. The number of phenols is 1. The van der Waals surface area contributed by atoms with Gasteiger partial charge in [-0.15, -0.1) is 0 Å². The molecular weight excluding hydrogens is 457 g/mol. The van der Waals surface area contributed by atoms with Crippen LogP contribution >= 0.6 is 27.5 Å². The number of rotatable bonds is 4. The van der Waals surface area contributed by atoms with Crippen molar-refractivity contribution in [3.8, 4) is 16.9 Å². The van der Waals surface area contributed by atoms with Crippen molar-refractivity contribution in [2.24, 2.45) is 0 Å². The Labute approximate surface area is 170 Å². The normalized spacial score (nSPS) is 11.4. The van der Waals surface area contributed by atoms with Crippen LogP contribution in [0.3, 0.4) is 0 Å². The van der Waals surface area contributed by atoms with Crippen molar-refractivity contribution in [3.05, 3.63) is 76.0 Å². The van der Waals surface area contributed by atoms with Crippen LogP contribution in [0.2, 0.25) is 5.02 Å². The summed E-state index contributed by atoms with van der Waals surface area (Å²) in [5.41, 5.74) is 1.33. The third kappa shape index (κ3) is 3.81. The van der Waals surface area contributed by atoms with Crippen LogP contribution in [0.5, 0.6) is 5.75 Å². The molecule has 3 rings (SSSR count). The van der Waals surface area contributed by atoms with E-state index in [-0.39, 0.29) is 15.2 Å². The van der Waals surface area contributed by atoms with Gasteiger partial charge in [0.1, 0.15) is 16.5 Å². The Morgan fingerprint density at radius 2 is 1.70 bits per heavy atom. The van der Waals surface area contributed by atoms with Crippen molar-refractivity contribution in [1.82, 2.24) is 0 Å². The van der Waals surface area contributed by atoms with E-state index >= 15 is 0 Å². The van der Waals surface area contributed by atoms with E-state index in [9.17, 15) is 17.9 Å². The second-order valence-electron chi connectivity index (χ2n) is 5.74. The van der Waals surface area contributed by atoms with Gasteiger partial charge in [-0.05, 0) is 51.3 Å². The Morgan fingerprint density at radius 1 is 1.04 bits per heavy atom. The van der Waals surface area contributed by atoms with Crippen LogP contribution in [0.15, 0.2) is 70.0 Å². The minimum atomic E-state index is -4.26. The van der Waals surface area contributed by atoms with E-state index < -0.39 is 26.5 Å². The fourth-order valence-corrected chi connectivity index (χ4v) is 4.91. The molecule has 0 aromatic heterocycles. The molecule has 3 aromatic carbocycles. The molecule has 3 aromatic rings. The van der Waals surface area contributed by atoms with Crippen molar-refractivity contribution in [2.75, 3.05) is 11.4 Å². The molecule has 0 aliphatic heterocycles. The van der Waals surface area contributed by atoms with Crippen molar-refractivity contribution < 1.29 is 17.9 Å². The van der Waals surface area contributed by atoms with Crippen LogP contribution in [0.1, 0.15) is 0 Å². The van der Waals surface area contributed by atoms with E-state index in [1.165, 1.54) is 25.2 Å². The topological polar surface area (TPSA) is 57.6 Å². The highest BCUT2D eigenvalue weighted by Gasteiger charge is 2.28. The molecular formula is C19H14BrClFNO3S. The second-order valence-corrected chi connectivity index (χ2v) is 8.97. The van der Waals surface area contributed by atoms with Crippen molar-refractivity contribution >= 4 is 43.2 Å². The first-order chi connectivity index (χ1) is 12.7. The molecule has 0 unspecified atom stereocenters. The maximum atomic E-state index is 14.4. The number of hydrogen-bond donors (Lipinski definition) is 1. The smallest absolute Gasteiger partial charge is 0.267 e. The highest BCUT2D eigenvalue weighted by molar-refractivity contribution is 9.10. The van der Waals surface area contributed by atoms with Gasteiger partial charge in [-0.3, -0.25) is 4.31 Å². The largest absolute Gasteiger partial charge is 0.505 e. The van der Waals surface area contributed by atoms with Gasteiger partial charge in [-0.2, -0.15) is 0 Å². The molecule has 0 saturated heterocycles. The number of anilines is 1. The van der Waals surface area contributed by atoms with Crippen LogP contribution in [-0.4, -0.2) is 20.6 Å². The van der Waals surface area contributed by atoms with Gasteiger partial charge < -0.3 is 5.11 Å². The van der Waals surface area contributed by atoms with Crippen molar-refractivity contribution in [1.29, 1.82) is 0 Å². The molecule has 8 heteroatoms. The lowest BCUT2D eigenvalue weighted by Crippen LogP contribution is -2.27. The van der Waals surface area contributed by atoms with Gasteiger partial charge in [-0.1, -0.05) is 48.0 Å². The Balaban J connectivity index is 2.12. The zero-order valence-electron chi connectivity index (χ0n) is 14.0. The molecule has 0 saturated carbocycles. The number of halogens is 3. The van der Waals surface area contributed by atoms with Crippen LogP contribution < -0.4 is 4.31 Å². The lowest BCUT2D eigenvalue weighted by molar-refractivity contribution is 0.455. The van der Waals surface area contributed by atoms with E-state index in [0.29, 0.717) is 5.56 Å². The van der Waals surface area contributed by atoms with Crippen LogP contribution in [0, 0.1) is 5.82 Å². The Kier molecular flexibility index (Phi) is 5.46. The maximum absolute atomic E-state index is 14.4. The average Bonchev–Trinajstić information content (AvgIpc) is 2.65. The molecule has 0 amide bonds. The monoisotopic (exact) mass is 469 g/mol. The van der Waals surface area contributed by atoms with E-state index in [2.05, 4.69) is 15.9 Å². The molecule has 0 fully saturated rings. The summed E-state index contributed by atoms with van der Waals surface area (Å²) in [6.45, 7) is 0. The molecule has 4 nitrogen and oxygen atoms in total. The third-order valence-corrected chi connectivity index (χ3v) is 6.63. The minimum absolute atomic E-state index is 0.116. The van der Waals surface area contributed by atoms with E-state index in [1.807, 2.05) is 30.3 Å². The summed E-state index contributed by atoms with van der Waals surface area (Å²) < 4.78 is 41.3. The maximum Gasteiger partial charge on any atom is 0.267 e. The number of aromatic hydroxyl groups is 1. The molecule has 0 heterocycles. The zero-order valence-corrected chi connectivity index (χ0v) is 17.2. The summed E-state index contributed by atoms with van der Waals surface area (Å²) in [4.78, 5) is -0.422. The van der Waals surface area contributed by atoms with Gasteiger partial charge in [0.15, 0.2) is 0 Å². The standard InChI is InChI=1S/C19H14BrClFNO3S/c1-23(27(25,26)18-11-14(21)10-15(20)19(18)24)17-9-13(7-8-16(17)22)12-5-3-2-4-6-12/h2-11,24H,1H3. The number of phenolic OH excluding ortho intramolecular Hbond substituents is 1. The van der Waals surface area contributed by atoms with Gasteiger partial charge >= 0.3 is 0 Å². The highest BCUT2D eigenvalue weighted by atomic mass is 79.9. The highest BCUT2D eigenvalue weighted by Crippen LogP contribution is 2.37. The zero-order chi connectivity index (χ0) is 19.8. The van der Waals surface area contributed by atoms with E-state index in [1.54, 1.807) is 6.07 Å². The molecule has 0 bridgehead atoms. The number of benzene rings is 3. The Hall–Kier alpha value is -2.09. The number of sulfonamides is 1. The summed E-state index contributed by atoms with van der Waals surface area (Å²) in [7, 11) is -3.04. The molecule has 27 heavy (non-hydrogen) atoms. The lowest BCUT2D eigenvalue weighted by atomic mass is 10.1. The third-order valence-electron chi connectivity index (χ3n) is 4.02. The number of nitrogens with zero attached hydrogens (tertiary/aromatic N) is 1. The second kappa shape index (κ2) is 7.50. The average molecular weight is 471 g/mol. The predicted molar refractivity (Wildman–Crippen MR) is 108 cm³/mol. The summed E-state index contributed by atoms with van der Waals surface area (Å²) in [5.74, 6) is -1.20. The Bertz CT molecular complexity index is 1110. The number of hydrogen-bond acceptors (Lipinski definition) is 3. The minimum Gasteiger partial charge on any atom is -0.505 e. The van der Waals surface area contributed by atoms with Gasteiger partial charge in [0, 0.05) is 12.1 Å². The van der Waals surface area contributed by atoms with Crippen LogP contribution in [0.25, 0.3) is 11.1 Å². The van der Waals surface area contributed by atoms with Crippen molar-refractivity contribution in [2.45, 2.75) is 4.90 Å². The van der Waals surface area contributed by atoms with Gasteiger partial charge in [0.05, 0.1) is 10.2 Å². The van der Waals surface area contributed by atoms with Crippen molar-refractivity contribution in [3.63, 3.8) is 0 Å². The summed E-state index contributed by atoms with van der Waals surface area (Å²) in [6.07, 6.45) is 0. The fourth-order valence-electron chi connectivity index (χ4n) is 2.58. The quantitative estimate of drug-likeness (QED) is 0.552. The molecule has 0 radical (unpaired) electrons. The molecule has 140 valence electrons. The van der Waals surface area contributed by atoms with Gasteiger partial charge in [0.2, 0.25) is 0 Å². The predicted octanol–water partition coefficient (Wildman–Crippen LogP) is 5.44. The first-order valence-corrected chi connectivity index (χ1v) is 10.3. The van der Waals surface area contributed by atoms with Gasteiger partial charge in [-0.25, -0.2) is 12.8 Å². The first-order valence-electron chi connectivity index (χ1n) is 7.73. The summed E-state index contributed by atoms with van der Waals surface area (Å²) in [5, 5.41) is 10.3. The molecule has 0 aliphatic rings. The Morgan fingerprint density at radius 3 is 2.37 bits per heavy atom. The van der Waals surface area contributed by atoms with Gasteiger partial charge in [0.25, 0.3) is 10.0 Å². The van der Waals surface area contributed by atoms with E-state index in [0.717, 1.165) is 15.9 Å². The van der Waals surface area contributed by atoms with E-state index in [4.69, 9.17) is 11.6 Å². The lowest BCUT2D eigenvalue weighted by Gasteiger charge is -2.22. The fraction of sp³-hybridized carbons (Fsp3) is 0.0526. The molecule has 1 N–H and O–H groups in total. The molecule has 0 spiro atoms. The molecule has 0 aliphatic carbocycles. The summed E-state index contributed by atoms with van der Waals surface area (Å²) >= 11 is 8.98. The summed E-state index contributed by atoms with van der Waals surface area (Å²) in [6, 6.07) is 15.9. The van der Waals surface area contributed by atoms with Crippen LogP contribution in [0.4, 0.5) is 10.1 Å². The first kappa shape index (κ1) is 19.7. The SMILES string of the molecule is CN(c1cc(-c2ccccc2)ccc1F)S(=O)(=O)c1cc(Cl)cc(Br)c1O.